The van der Waals surface area contributed by atoms with E-state index >= 15 is 0 Å². The third kappa shape index (κ3) is 2.69. The van der Waals surface area contributed by atoms with Gasteiger partial charge in [-0.1, -0.05) is 0 Å². The summed E-state index contributed by atoms with van der Waals surface area (Å²) in [6.07, 6.45) is 0. The molecule has 0 fully saturated rings. The van der Waals surface area contributed by atoms with Crippen LogP contribution in [0.4, 0.5) is 0 Å². The molecule has 0 aliphatic heterocycles. The molecule has 0 unspecified atom stereocenters. The summed E-state index contributed by atoms with van der Waals surface area (Å²) in [4.78, 5) is 0. The van der Waals surface area contributed by atoms with Crippen LogP contribution in [-0.2, 0) is 4.52 Å². The molecule has 2 aromatic rings. The van der Waals surface area contributed by atoms with Gasteiger partial charge in [-0.3, -0.25) is 0 Å². The van der Waals surface area contributed by atoms with Crippen LogP contribution in [0.25, 0.3) is 0 Å². The molecule has 0 aliphatic rings. The van der Waals surface area contributed by atoms with Gasteiger partial charge in [-0.15, -0.1) is 0 Å². The topological polar surface area (TPSA) is 9.23 Å². The number of hydrogen-bond donors (Lipinski definition) is 0. The maximum atomic E-state index is 5.45. The molecular weight excluding hydrogens is 215 g/mol. The molecule has 16 heavy (non-hydrogen) atoms. The number of rotatable bonds is 4. The van der Waals surface area contributed by atoms with Gasteiger partial charge in [0.1, 0.15) is 0 Å². The van der Waals surface area contributed by atoms with E-state index in [9.17, 15) is 0 Å². The molecule has 0 saturated heterocycles. The summed E-state index contributed by atoms with van der Waals surface area (Å²) >= 11 is 0. The molecule has 0 aliphatic carbocycles. The van der Waals surface area contributed by atoms with Gasteiger partial charge in [0.25, 0.3) is 0 Å². The van der Waals surface area contributed by atoms with Crippen LogP contribution < -0.4 is 0 Å². The van der Waals surface area contributed by atoms with Crippen molar-refractivity contribution in [3.05, 3.63) is 71.8 Å². The van der Waals surface area contributed by atoms with Crippen molar-refractivity contribution in [2.24, 2.45) is 0 Å². The molecule has 0 heterocycles. The van der Waals surface area contributed by atoms with E-state index in [4.69, 9.17) is 4.52 Å². The van der Waals surface area contributed by atoms with Crippen LogP contribution in [0.2, 0.25) is 0 Å². The molecule has 0 amide bonds. The van der Waals surface area contributed by atoms with Crippen molar-refractivity contribution in [1.29, 1.82) is 0 Å². The van der Waals surface area contributed by atoms with Crippen molar-refractivity contribution in [2.45, 2.75) is 5.92 Å². The minimum absolute atomic E-state index is 0.361. The Kier molecular flexibility index (Phi) is 4.10. The molecule has 0 radical (unpaired) electrons. The molecule has 0 atom stereocenters. The van der Waals surface area contributed by atoms with Crippen LogP contribution in [0.3, 0.4) is 0 Å². The van der Waals surface area contributed by atoms with Gasteiger partial charge >= 0.3 is 98.3 Å². The molecule has 0 spiro atoms. The van der Waals surface area contributed by atoms with E-state index in [0.29, 0.717) is 5.92 Å². The Morgan fingerprint density at radius 2 is 1.25 bits per heavy atom. The summed E-state index contributed by atoms with van der Waals surface area (Å²) in [6, 6.07) is 21.1. The Hall–Kier alpha value is -1.17. The SMILES string of the molecule is [PH4]OCC(c1ccccc1)c1ccccc1. The van der Waals surface area contributed by atoms with E-state index in [2.05, 4.69) is 48.5 Å². The van der Waals surface area contributed by atoms with Gasteiger partial charge in [0.05, 0.1) is 0 Å². The molecule has 2 aromatic carbocycles. The zero-order chi connectivity index (χ0) is 11.2. The Labute approximate surface area is 98.7 Å². The van der Waals surface area contributed by atoms with Gasteiger partial charge in [-0.25, -0.2) is 0 Å². The average Bonchev–Trinajstić information content (AvgIpc) is 2.38. The molecule has 1 nitrogen and oxygen atoms in total. The van der Waals surface area contributed by atoms with Crippen molar-refractivity contribution >= 4 is 9.47 Å². The first kappa shape index (κ1) is 11.3. The van der Waals surface area contributed by atoms with E-state index in [-0.39, 0.29) is 0 Å². The van der Waals surface area contributed by atoms with Crippen LogP contribution in [-0.4, -0.2) is 6.61 Å². The minimum atomic E-state index is 0.361. The van der Waals surface area contributed by atoms with Crippen molar-refractivity contribution < 1.29 is 4.52 Å². The second-order valence-electron chi connectivity index (χ2n) is 3.83. The molecule has 0 saturated carbocycles. The standard InChI is InChI=1S/C14H17OP/c16-15-11-14(12-7-3-1-4-8-12)13-9-5-2-6-10-13/h1-10,14H,11H2,16H4. The fraction of sp³-hybridized carbons (Fsp3) is 0.143. The second-order valence-corrected chi connectivity index (χ2v) is 4.41. The maximum absolute atomic E-state index is 5.45. The summed E-state index contributed by atoms with van der Waals surface area (Å²) in [5, 5.41) is 0. The van der Waals surface area contributed by atoms with Gasteiger partial charge in [-0.2, -0.15) is 0 Å². The average molecular weight is 232 g/mol. The fourth-order valence-electron chi connectivity index (χ4n) is 1.92. The molecule has 0 bridgehead atoms. The Morgan fingerprint density at radius 3 is 1.62 bits per heavy atom. The Morgan fingerprint density at radius 1 is 0.812 bits per heavy atom. The molecule has 84 valence electrons. The van der Waals surface area contributed by atoms with Gasteiger partial charge in [0.15, 0.2) is 0 Å². The van der Waals surface area contributed by atoms with Gasteiger partial charge in [0, 0.05) is 0 Å². The van der Waals surface area contributed by atoms with E-state index in [1.165, 1.54) is 11.1 Å². The van der Waals surface area contributed by atoms with E-state index < -0.39 is 0 Å². The van der Waals surface area contributed by atoms with Crippen LogP contribution in [0, 0.1) is 0 Å². The van der Waals surface area contributed by atoms with Crippen LogP contribution >= 0.6 is 9.47 Å². The van der Waals surface area contributed by atoms with Crippen LogP contribution in [0.15, 0.2) is 60.7 Å². The first-order valence-corrected chi connectivity index (χ1v) is 6.32. The zero-order valence-corrected chi connectivity index (χ0v) is 11.5. The number of hydrogen-bond acceptors (Lipinski definition) is 1. The van der Waals surface area contributed by atoms with Crippen molar-refractivity contribution in [2.75, 3.05) is 6.61 Å². The quantitative estimate of drug-likeness (QED) is 0.736. The zero-order valence-electron chi connectivity index (χ0n) is 9.47. The van der Waals surface area contributed by atoms with Crippen molar-refractivity contribution in [3.8, 4) is 0 Å². The molecular formula is C14H17OP. The van der Waals surface area contributed by atoms with Gasteiger partial charge in [0.2, 0.25) is 0 Å². The van der Waals surface area contributed by atoms with Gasteiger partial charge in [-0.05, 0) is 0 Å². The Bertz CT molecular complexity index is 374. The van der Waals surface area contributed by atoms with Crippen molar-refractivity contribution in [3.63, 3.8) is 0 Å². The fourth-order valence-corrected chi connectivity index (χ4v) is 2.26. The van der Waals surface area contributed by atoms with E-state index in [1.807, 2.05) is 12.1 Å². The van der Waals surface area contributed by atoms with Crippen molar-refractivity contribution in [1.82, 2.24) is 0 Å². The summed E-state index contributed by atoms with van der Waals surface area (Å²) < 4.78 is 5.45. The van der Waals surface area contributed by atoms with Gasteiger partial charge < -0.3 is 0 Å². The van der Waals surface area contributed by atoms with Crippen LogP contribution in [0.1, 0.15) is 17.0 Å². The third-order valence-electron chi connectivity index (χ3n) is 2.74. The predicted octanol–water partition coefficient (Wildman–Crippen LogP) is 3.09. The summed E-state index contributed by atoms with van der Waals surface area (Å²) in [7, 11) is 0.789. The summed E-state index contributed by atoms with van der Waals surface area (Å²) in [6.45, 7) is 0.778. The first-order valence-electron chi connectivity index (χ1n) is 5.50. The monoisotopic (exact) mass is 232 g/mol. The third-order valence-corrected chi connectivity index (χ3v) is 3.07. The number of benzene rings is 2. The normalized spacial score (nSPS) is 10.7. The molecule has 0 aromatic heterocycles. The molecule has 2 heteroatoms. The summed E-state index contributed by atoms with van der Waals surface area (Å²) in [5.41, 5.74) is 2.65. The molecule has 2 rings (SSSR count). The predicted molar refractivity (Wildman–Crippen MR) is 73.2 cm³/mol. The Balaban J connectivity index is 2.31. The first-order chi connectivity index (χ1) is 7.92. The second kappa shape index (κ2) is 5.79. The molecule has 0 N–H and O–H groups in total. The summed E-state index contributed by atoms with van der Waals surface area (Å²) in [5.74, 6) is 0.361. The van der Waals surface area contributed by atoms with E-state index in [0.717, 1.165) is 16.1 Å². The van der Waals surface area contributed by atoms with E-state index in [1.54, 1.807) is 0 Å². The van der Waals surface area contributed by atoms with Crippen LogP contribution in [0.5, 0.6) is 0 Å².